The van der Waals surface area contributed by atoms with Crippen LogP contribution in [0.1, 0.15) is 399 Å². The van der Waals surface area contributed by atoms with Crippen LogP contribution in [0.2, 0.25) is 0 Å². The van der Waals surface area contributed by atoms with Crippen molar-refractivity contribution in [1.29, 1.82) is 0 Å². The lowest BCUT2D eigenvalue weighted by molar-refractivity contribution is -0.870. The summed E-state index contributed by atoms with van der Waals surface area (Å²) in [5.41, 5.74) is 0. The quantitative estimate of drug-likeness (QED) is 0.0195. The number of esters is 2. The number of hydrogen-bond acceptors (Lipinski definition) is 8. The number of unbranched alkanes of at least 4 members (excludes halogenated alkanes) is 47. The number of carbonyl (C=O) groups excluding carboxylic acids is 2. The van der Waals surface area contributed by atoms with E-state index in [0.29, 0.717) is 17.4 Å². The summed E-state index contributed by atoms with van der Waals surface area (Å²) < 4.78 is 34.5. The molecule has 10 heteroatoms. The predicted molar refractivity (Wildman–Crippen MR) is 434 cm³/mol. The molecule has 0 radical (unpaired) electrons. The van der Waals surface area contributed by atoms with Crippen LogP contribution in [0.4, 0.5) is 0 Å². The van der Waals surface area contributed by atoms with Gasteiger partial charge in [0.25, 0.3) is 7.82 Å². The summed E-state index contributed by atoms with van der Waals surface area (Å²) in [4.78, 5) is 38.2. The second-order valence-electron chi connectivity index (χ2n) is 29.8. The lowest BCUT2D eigenvalue weighted by Crippen LogP contribution is -2.37. The summed E-state index contributed by atoms with van der Waals surface area (Å²) in [6.45, 7) is 4.16. The van der Waals surface area contributed by atoms with Crippen LogP contribution in [0.25, 0.3) is 0 Å². The average Bonchev–Trinajstić information content (AvgIpc) is 1.65. The Bertz CT molecular complexity index is 2060. The van der Waals surface area contributed by atoms with E-state index < -0.39 is 26.5 Å². The van der Waals surface area contributed by atoms with Gasteiger partial charge in [-0.15, -0.1) is 0 Å². The largest absolute Gasteiger partial charge is 0.756 e. The molecule has 0 N–H and O–H groups in total. The Kier molecular flexibility index (Phi) is 77.1. The lowest BCUT2D eigenvalue weighted by atomic mass is 10.0. The molecule has 0 amide bonds. The van der Waals surface area contributed by atoms with E-state index in [1.165, 1.54) is 276 Å². The van der Waals surface area contributed by atoms with Crippen molar-refractivity contribution in [1.82, 2.24) is 0 Å². The maximum atomic E-state index is 12.9. The zero-order chi connectivity index (χ0) is 72.5. The number of ether oxygens (including phenoxy) is 2. The molecule has 100 heavy (non-hydrogen) atoms. The summed E-state index contributed by atoms with van der Waals surface area (Å²) in [5, 5.41) is 0. The number of carbonyl (C=O) groups is 2. The minimum absolute atomic E-state index is 0.0325. The van der Waals surface area contributed by atoms with E-state index in [-0.39, 0.29) is 32.0 Å². The van der Waals surface area contributed by atoms with Crippen LogP contribution in [-0.4, -0.2) is 70.0 Å². The van der Waals surface area contributed by atoms with E-state index in [9.17, 15) is 19.0 Å². The zero-order valence-electron chi connectivity index (χ0n) is 66.4. The van der Waals surface area contributed by atoms with Gasteiger partial charge in [-0.2, -0.15) is 0 Å². The Morgan fingerprint density at radius 1 is 0.320 bits per heavy atom. The molecule has 0 aromatic rings. The highest BCUT2D eigenvalue weighted by molar-refractivity contribution is 7.45. The number of likely N-dealkylation sites (N-methyl/N-ethyl adjacent to an activating group) is 1. The van der Waals surface area contributed by atoms with Gasteiger partial charge in [0, 0.05) is 12.8 Å². The SMILES string of the molecule is CC/C=C\C/C=C\C/C=C\C/C=C\C/C=C\C/C=C\C/C=C\CCCCCCCCCCCCCCCC(=O)OC(COC(=O)CCCCCCCCCCCCCCCCCCCCCCCCCCCCCCC/C=C\C/C=C\CCCCCCC)COP(=O)([O-])OCC[N+](C)(C)C. The van der Waals surface area contributed by atoms with Crippen LogP contribution >= 0.6 is 7.82 Å². The first kappa shape index (κ1) is 96.7. The van der Waals surface area contributed by atoms with Gasteiger partial charge in [0.05, 0.1) is 27.7 Å². The maximum absolute atomic E-state index is 12.9. The number of allylic oxidation sites excluding steroid dienone is 18. The van der Waals surface area contributed by atoms with E-state index in [2.05, 4.69) is 123 Å². The van der Waals surface area contributed by atoms with Crippen molar-refractivity contribution in [2.75, 3.05) is 47.5 Å². The molecule has 0 aliphatic rings. The molecule has 0 saturated carbocycles. The summed E-state index contributed by atoms with van der Waals surface area (Å²) in [7, 11) is 1.17. The zero-order valence-corrected chi connectivity index (χ0v) is 67.3. The standard InChI is InChI=1S/C90H162NO8P/c1-6-8-10-12-14-16-18-20-22-24-26-28-30-32-34-36-38-40-42-43-44-45-46-47-49-50-52-54-56-58-60-62-64-66-68-70-72-74-76-78-80-82-89(92)96-86-88(87-98-100(94,95)97-85-84-91(3,4)5)99-90(93)83-81-79-77-75-73-71-69-67-65-63-61-59-57-55-53-51-48-41-39-37-35-33-31-29-27-25-23-21-19-17-15-13-11-9-7-2/h9,11,15,17-18,20-21,23-24,26-27,29,33,35,39,41,51,53,88H,6-8,10,12-14,16,19,22,25,28,30-32,34,36-38,40,42-50,52,54-87H2,1-5H3/b11-9-,17-15-,20-18-,23-21-,26-24-,29-27-,35-33-,41-39-,53-51-. The molecule has 0 saturated heterocycles. The summed E-state index contributed by atoms with van der Waals surface area (Å²) in [5.74, 6) is -0.820. The van der Waals surface area contributed by atoms with E-state index >= 15 is 0 Å². The molecular weight excluding hydrogens is 1250 g/mol. The van der Waals surface area contributed by atoms with Gasteiger partial charge in [0.1, 0.15) is 19.8 Å². The summed E-state index contributed by atoms with van der Waals surface area (Å²) in [6, 6.07) is 0. The minimum Gasteiger partial charge on any atom is -0.756 e. The first-order valence-electron chi connectivity index (χ1n) is 42.6. The minimum atomic E-state index is -4.65. The highest BCUT2D eigenvalue weighted by atomic mass is 31.2. The lowest BCUT2D eigenvalue weighted by Gasteiger charge is -2.28. The first-order chi connectivity index (χ1) is 49.0. The molecule has 0 aromatic carbocycles. The molecule has 2 unspecified atom stereocenters. The van der Waals surface area contributed by atoms with E-state index in [1.54, 1.807) is 0 Å². The van der Waals surface area contributed by atoms with E-state index in [0.717, 1.165) is 89.9 Å². The Labute approximate surface area is 620 Å². The van der Waals surface area contributed by atoms with Crippen molar-refractivity contribution in [3.05, 3.63) is 109 Å². The first-order valence-corrected chi connectivity index (χ1v) is 44.1. The molecule has 2 atom stereocenters. The van der Waals surface area contributed by atoms with Gasteiger partial charge in [0.15, 0.2) is 6.10 Å². The van der Waals surface area contributed by atoms with Crippen molar-refractivity contribution in [3.8, 4) is 0 Å². The van der Waals surface area contributed by atoms with E-state index in [1.807, 2.05) is 21.1 Å². The Hall–Kier alpha value is -3.33. The average molecular weight is 1420 g/mol. The topological polar surface area (TPSA) is 111 Å². The molecule has 0 spiro atoms. The van der Waals surface area contributed by atoms with Gasteiger partial charge in [-0.3, -0.25) is 14.2 Å². The smallest absolute Gasteiger partial charge is 0.306 e. The third kappa shape index (κ3) is 83.6. The number of hydrogen-bond donors (Lipinski definition) is 0. The number of phosphoric ester groups is 1. The fourth-order valence-electron chi connectivity index (χ4n) is 12.3. The second kappa shape index (κ2) is 79.8. The molecule has 580 valence electrons. The van der Waals surface area contributed by atoms with Crippen LogP contribution in [0.15, 0.2) is 109 Å². The van der Waals surface area contributed by atoms with Crippen molar-refractivity contribution >= 4 is 19.8 Å². The molecule has 9 nitrogen and oxygen atoms in total. The van der Waals surface area contributed by atoms with Gasteiger partial charge in [0.2, 0.25) is 0 Å². The second-order valence-corrected chi connectivity index (χ2v) is 31.2. The Morgan fingerprint density at radius 3 is 0.850 bits per heavy atom. The molecule has 0 aromatic heterocycles. The number of nitrogens with zero attached hydrogens (tertiary/aromatic N) is 1. The molecule has 0 fully saturated rings. The third-order valence-corrected chi connectivity index (χ3v) is 19.7. The van der Waals surface area contributed by atoms with Crippen molar-refractivity contribution in [3.63, 3.8) is 0 Å². The fourth-order valence-corrected chi connectivity index (χ4v) is 13.0. The van der Waals surface area contributed by atoms with Gasteiger partial charge < -0.3 is 27.9 Å². The van der Waals surface area contributed by atoms with Gasteiger partial charge >= 0.3 is 11.9 Å². The number of rotatable bonds is 79. The molecule has 0 bridgehead atoms. The fraction of sp³-hybridized carbons (Fsp3) is 0.778. The summed E-state index contributed by atoms with van der Waals surface area (Å²) >= 11 is 0. The van der Waals surface area contributed by atoms with Crippen LogP contribution in [0.5, 0.6) is 0 Å². The summed E-state index contributed by atoms with van der Waals surface area (Å²) in [6.07, 6.45) is 114. The Morgan fingerprint density at radius 2 is 0.570 bits per heavy atom. The number of phosphoric acid groups is 1. The number of quaternary nitrogens is 1. The molecule has 0 aliphatic heterocycles. The van der Waals surface area contributed by atoms with Crippen LogP contribution in [0.3, 0.4) is 0 Å². The predicted octanol–water partition coefficient (Wildman–Crippen LogP) is 28.1. The monoisotopic (exact) mass is 1420 g/mol. The maximum Gasteiger partial charge on any atom is 0.306 e. The molecular formula is C90H162NO8P. The van der Waals surface area contributed by atoms with Crippen LogP contribution in [0, 0.1) is 0 Å². The van der Waals surface area contributed by atoms with E-state index in [4.69, 9.17) is 18.5 Å². The highest BCUT2D eigenvalue weighted by Crippen LogP contribution is 2.38. The van der Waals surface area contributed by atoms with Crippen LogP contribution < -0.4 is 4.89 Å². The van der Waals surface area contributed by atoms with Gasteiger partial charge in [-0.25, -0.2) is 0 Å². The normalized spacial score (nSPS) is 13.5. The van der Waals surface area contributed by atoms with Gasteiger partial charge in [-0.05, 0) is 103 Å². The van der Waals surface area contributed by atoms with Crippen LogP contribution in [-0.2, 0) is 32.7 Å². The van der Waals surface area contributed by atoms with Crippen molar-refractivity contribution < 1.29 is 42.1 Å². The molecule has 0 aliphatic carbocycles. The highest BCUT2D eigenvalue weighted by Gasteiger charge is 2.22. The Balaban J connectivity index is 3.91. The van der Waals surface area contributed by atoms with Gasteiger partial charge in [-0.1, -0.05) is 393 Å². The van der Waals surface area contributed by atoms with Crippen molar-refractivity contribution in [2.45, 2.75) is 405 Å². The molecule has 0 rings (SSSR count). The van der Waals surface area contributed by atoms with Crippen molar-refractivity contribution in [2.24, 2.45) is 0 Å². The molecule has 0 heterocycles. The third-order valence-electron chi connectivity index (χ3n) is 18.8.